The lowest BCUT2D eigenvalue weighted by Crippen LogP contribution is -2.48. The van der Waals surface area contributed by atoms with Crippen LogP contribution in [0.5, 0.6) is 5.75 Å². The van der Waals surface area contributed by atoms with Gasteiger partial charge in [0.05, 0.1) is 13.7 Å². The number of fused-ring (bicyclic) bond motifs is 1. The number of imidazole rings is 1. The molecule has 0 atom stereocenters. The molecular weight excluding hydrogens is 354 g/mol. The molecule has 0 saturated carbocycles. The van der Waals surface area contributed by atoms with Crippen molar-refractivity contribution < 1.29 is 9.53 Å². The molecule has 150 valence electrons. The Morgan fingerprint density at radius 3 is 2.71 bits per heavy atom. The summed E-state index contributed by atoms with van der Waals surface area (Å²) in [6, 6.07) is 8.09. The van der Waals surface area contributed by atoms with E-state index in [0.717, 1.165) is 63.0 Å². The molecule has 0 aliphatic carbocycles. The largest absolute Gasteiger partial charge is 0.497 e. The summed E-state index contributed by atoms with van der Waals surface area (Å²) in [6.45, 7) is 9.12. The van der Waals surface area contributed by atoms with Crippen molar-refractivity contribution in [3.8, 4) is 5.75 Å². The maximum absolute atomic E-state index is 13.0. The van der Waals surface area contributed by atoms with Gasteiger partial charge in [0, 0.05) is 57.2 Å². The number of anilines is 1. The number of hydrogen-bond donors (Lipinski definition) is 0. The maximum Gasteiger partial charge on any atom is 0.274 e. The predicted octanol–water partition coefficient (Wildman–Crippen LogP) is 2.08. The minimum atomic E-state index is 0.0502. The highest BCUT2D eigenvalue weighted by molar-refractivity contribution is 5.92. The lowest BCUT2D eigenvalue weighted by molar-refractivity contribution is 0.0741. The Bertz CT molecular complexity index is 826. The van der Waals surface area contributed by atoms with Crippen molar-refractivity contribution in [2.75, 3.05) is 51.3 Å². The van der Waals surface area contributed by atoms with Crippen LogP contribution in [0.1, 0.15) is 29.7 Å². The smallest absolute Gasteiger partial charge is 0.274 e. The zero-order valence-corrected chi connectivity index (χ0v) is 16.8. The summed E-state index contributed by atoms with van der Waals surface area (Å²) in [6.07, 6.45) is 3.08. The Labute approximate surface area is 166 Å². The molecule has 1 aromatic heterocycles. The molecule has 3 heterocycles. The fourth-order valence-electron chi connectivity index (χ4n) is 4.05. The van der Waals surface area contributed by atoms with Crippen LogP contribution in [0.4, 0.5) is 5.69 Å². The van der Waals surface area contributed by atoms with Crippen LogP contribution in [0.3, 0.4) is 0 Å². The molecule has 2 aromatic rings. The molecule has 2 aliphatic rings. The normalized spacial score (nSPS) is 17.5. The van der Waals surface area contributed by atoms with E-state index < -0.39 is 0 Å². The lowest BCUT2D eigenvalue weighted by Gasteiger charge is -2.35. The third-order valence-corrected chi connectivity index (χ3v) is 5.63. The number of carbonyl (C=O) groups is 1. The summed E-state index contributed by atoms with van der Waals surface area (Å²) < 4.78 is 7.46. The van der Waals surface area contributed by atoms with Crippen LogP contribution < -0.4 is 9.64 Å². The molecule has 28 heavy (non-hydrogen) atoms. The molecule has 0 radical (unpaired) electrons. The van der Waals surface area contributed by atoms with Gasteiger partial charge in [0.1, 0.15) is 17.3 Å². The Morgan fingerprint density at radius 1 is 1.14 bits per heavy atom. The van der Waals surface area contributed by atoms with Crippen molar-refractivity contribution in [3.63, 3.8) is 0 Å². The number of rotatable bonds is 5. The highest BCUT2D eigenvalue weighted by atomic mass is 16.5. The van der Waals surface area contributed by atoms with Gasteiger partial charge < -0.3 is 19.1 Å². The SMILES string of the molecule is CCCN1CCn2cc(C(=O)N3CCN(c4cccc(OC)c4)CC3)nc2C1. The van der Waals surface area contributed by atoms with Crippen molar-refractivity contribution in [3.05, 3.63) is 42.0 Å². The van der Waals surface area contributed by atoms with Crippen molar-refractivity contribution in [1.29, 1.82) is 0 Å². The second-order valence-corrected chi connectivity index (χ2v) is 7.49. The van der Waals surface area contributed by atoms with Crippen LogP contribution in [-0.2, 0) is 13.1 Å². The zero-order valence-electron chi connectivity index (χ0n) is 16.8. The number of piperazine rings is 1. The minimum absolute atomic E-state index is 0.0502. The summed E-state index contributed by atoms with van der Waals surface area (Å²) >= 11 is 0. The van der Waals surface area contributed by atoms with Gasteiger partial charge in [0.25, 0.3) is 5.91 Å². The number of benzene rings is 1. The average Bonchev–Trinajstić information content (AvgIpc) is 3.17. The summed E-state index contributed by atoms with van der Waals surface area (Å²) in [5, 5.41) is 0. The predicted molar refractivity (Wildman–Crippen MR) is 109 cm³/mol. The molecular formula is C21H29N5O2. The monoisotopic (exact) mass is 383 g/mol. The van der Waals surface area contributed by atoms with Gasteiger partial charge >= 0.3 is 0 Å². The lowest BCUT2D eigenvalue weighted by atomic mass is 10.2. The summed E-state index contributed by atoms with van der Waals surface area (Å²) in [5.41, 5.74) is 1.73. The van der Waals surface area contributed by atoms with Crippen molar-refractivity contribution in [1.82, 2.24) is 19.4 Å². The van der Waals surface area contributed by atoms with E-state index in [1.807, 2.05) is 29.3 Å². The van der Waals surface area contributed by atoms with E-state index in [1.54, 1.807) is 7.11 Å². The number of aromatic nitrogens is 2. The zero-order chi connectivity index (χ0) is 19.5. The Hall–Kier alpha value is -2.54. The molecule has 0 bridgehead atoms. The van der Waals surface area contributed by atoms with Gasteiger partial charge in [-0.3, -0.25) is 9.69 Å². The van der Waals surface area contributed by atoms with E-state index in [9.17, 15) is 4.79 Å². The molecule has 7 heteroatoms. The summed E-state index contributed by atoms with van der Waals surface area (Å²) in [5.74, 6) is 1.92. The van der Waals surface area contributed by atoms with Crippen molar-refractivity contribution in [2.45, 2.75) is 26.4 Å². The summed E-state index contributed by atoms with van der Waals surface area (Å²) in [4.78, 5) is 24.3. The van der Waals surface area contributed by atoms with Gasteiger partial charge in [-0.1, -0.05) is 13.0 Å². The highest BCUT2D eigenvalue weighted by Crippen LogP contribution is 2.22. The van der Waals surface area contributed by atoms with Crippen LogP contribution in [0.15, 0.2) is 30.5 Å². The van der Waals surface area contributed by atoms with E-state index in [1.165, 1.54) is 0 Å². The van der Waals surface area contributed by atoms with Crippen LogP contribution in [0.2, 0.25) is 0 Å². The molecule has 7 nitrogen and oxygen atoms in total. The third kappa shape index (κ3) is 3.85. The van der Waals surface area contributed by atoms with E-state index >= 15 is 0 Å². The Balaban J connectivity index is 1.38. The fraction of sp³-hybridized carbons (Fsp3) is 0.524. The van der Waals surface area contributed by atoms with Gasteiger partial charge in [-0.25, -0.2) is 4.98 Å². The Morgan fingerprint density at radius 2 is 1.96 bits per heavy atom. The number of hydrogen-bond acceptors (Lipinski definition) is 5. The van der Waals surface area contributed by atoms with E-state index in [0.29, 0.717) is 18.8 Å². The number of amides is 1. The topological polar surface area (TPSA) is 53.8 Å². The first-order valence-corrected chi connectivity index (χ1v) is 10.1. The molecule has 0 spiro atoms. The molecule has 4 rings (SSSR count). The van der Waals surface area contributed by atoms with Gasteiger partial charge in [0.2, 0.25) is 0 Å². The molecule has 2 aliphatic heterocycles. The number of methoxy groups -OCH3 is 1. The molecule has 0 N–H and O–H groups in total. The number of ether oxygens (including phenoxy) is 1. The van der Waals surface area contributed by atoms with Crippen molar-refractivity contribution >= 4 is 11.6 Å². The first-order valence-electron chi connectivity index (χ1n) is 10.1. The maximum atomic E-state index is 13.0. The van der Waals surface area contributed by atoms with E-state index in [4.69, 9.17) is 4.74 Å². The molecule has 1 saturated heterocycles. The van der Waals surface area contributed by atoms with Crippen LogP contribution in [0, 0.1) is 0 Å². The second-order valence-electron chi connectivity index (χ2n) is 7.49. The van der Waals surface area contributed by atoms with Gasteiger partial charge in [0.15, 0.2) is 0 Å². The van der Waals surface area contributed by atoms with Crippen LogP contribution >= 0.6 is 0 Å². The quantitative estimate of drug-likeness (QED) is 0.791. The first kappa shape index (κ1) is 18.8. The standard InChI is InChI=1S/C21H29N5O2/c1-3-7-23-8-9-26-15-19(22-20(26)16-23)21(27)25-12-10-24(11-13-25)17-5-4-6-18(14-17)28-2/h4-6,14-15H,3,7-13,16H2,1-2H3. The Kier molecular flexibility index (Phi) is 5.52. The third-order valence-electron chi connectivity index (χ3n) is 5.63. The molecule has 1 amide bonds. The molecule has 0 unspecified atom stereocenters. The van der Waals surface area contributed by atoms with E-state index in [-0.39, 0.29) is 5.91 Å². The van der Waals surface area contributed by atoms with E-state index in [2.05, 4.69) is 32.3 Å². The highest BCUT2D eigenvalue weighted by Gasteiger charge is 2.26. The number of nitrogens with zero attached hydrogens (tertiary/aromatic N) is 5. The average molecular weight is 383 g/mol. The summed E-state index contributed by atoms with van der Waals surface area (Å²) in [7, 11) is 1.68. The molecule has 1 fully saturated rings. The minimum Gasteiger partial charge on any atom is -0.497 e. The van der Waals surface area contributed by atoms with Gasteiger partial charge in [-0.05, 0) is 25.1 Å². The molecule has 1 aromatic carbocycles. The number of carbonyl (C=O) groups excluding carboxylic acids is 1. The van der Waals surface area contributed by atoms with Gasteiger partial charge in [-0.2, -0.15) is 0 Å². The second kappa shape index (κ2) is 8.22. The van der Waals surface area contributed by atoms with Crippen LogP contribution in [-0.4, -0.2) is 71.6 Å². The van der Waals surface area contributed by atoms with Crippen molar-refractivity contribution in [2.24, 2.45) is 0 Å². The fourth-order valence-corrected chi connectivity index (χ4v) is 4.05. The van der Waals surface area contributed by atoms with Gasteiger partial charge in [-0.15, -0.1) is 0 Å². The van der Waals surface area contributed by atoms with Crippen LogP contribution in [0.25, 0.3) is 0 Å². The first-order chi connectivity index (χ1) is 13.7.